The molecule has 1 aromatic carbocycles. The Bertz CT molecular complexity index is 474. The smallest absolute Gasteiger partial charge is 0.349 e. The number of aryl methyl sites for hydroxylation is 1. The molecule has 0 saturated heterocycles. The van der Waals surface area contributed by atoms with Crippen LogP contribution in [-0.4, -0.2) is 16.9 Å². The number of cyclic esters (lactones) is 1. The van der Waals surface area contributed by atoms with Gasteiger partial charge in [-0.25, -0.2) is 4.79 Å². The van der Waals surface area contributed by atoms with E-state index in [1.54, 1.807) is 26.8 Å². The minimum atomic E-state index is -0.988. The highest BCUT2D eigenvalue weighted by Gasteiger charge is 2.36. The lowest BCUT2D eigenvalue weighted by molar-refractivity contribution is -0.127. The predicted octanol–water partition coefficient (Wildman–Crippen LogP) is 2.29. The molecule has 0 atom stereocenters. The number of rotatable bonds is 0. The lowest BCUT2D eigenvalue weighted by Gasteiger charge is -2.32. The molecule has 0 spiro atoms. The molecule has 0 bridgehead atoms. The van der Waals surface area contributed by atoms with Crippen molar-refractivity contribution in [2.75, 3.05) is 0 Å². The number of hydrogen-bond acceptors (Lipinski definition) is 4. The van der Waals surface area contributed by atoms with Crippen LogP contribution in [0.3, 0.4) is 0 Å². The van der Waals surface area contributed by atoms with Crippen molar-refractivity contribution in [2.45, 2.75) is 33.5 Å². The third-order valence-electron chi connectivity index (χ3n) is 2.68. The predicted molar refractivity (Wildman–Crippen MR) is 57.7 cm³/mol. The summed E-state index contributed by atoms with van der Waals surface area (Å²) in [7, 11) is 0. The van der Waals surface area contributed by atoms with Crippen LogP contribution in [0.5, 0.6) is 11.5 Å². The van der Waals surface area contributed by atoms with Gasteiger partial charge in [-0.3, -0.25) is 0 Å². The second-order valence-corrected chi connectivity index (χ2v) is 4.43. The lowest BCUT2D eigenvalue weighted by Crippen LogP contribution is -2.39. The summed E-state index contributed by atoms with van der Waals surface area (Å²) in [5, 5.41) is 9.88. The van der Waals surface area contributed by atoms with E-state index in [0.29, 0.717) is 11.3 Å². The summed E-state index contributed by atoms with van der Waals surface area (Å²) in [6.45, 7) is 6.91. The van der Waals surface area contributed by atoms with Crippen molar-refractivity contribution in [3.63, 3.8) is 0 Å². The van der Waals surface area contributed by atoms with E-state index in [1.807, 2.05) is 6.92 Å². The van der Waals surface area contributed by atoms with Crippen LogP contribution in [0.4, 0.5) is 0 Å². The highest BCUT2D eigenvalue weighted by molar-refractivity contribution is 5.97. The summed E-state index contributed by atoms with van der Waals surface area (Å²) in [4.78, 5) is 11.7. The number of esters is 1. The Balaban J connectivity index is 2.66. The number of carbonyl (C=O) groups is 1. The van der Waals surface area contributed by atoms with Crippen molar-refractivity contribution in [1.29, 1.82) is 0 Å². The van der Waals surface area contributed by atoms with Crippen LogP contribution < -0.4 is 4.74 Å². The molecule has 0 aliphatic carbocycles. The van der Waals surface area contributed by atoms with Crippen LogP contribution in [0, 0.1) is 13.8 Å². The van der Waals surface area contributed by atoms with Crippen molar-refractivity contribution >= 4 is 5.97 Å². The third kappa shape index (κ3) is 1.50. The molecule has 1 aliphatic rings. The number of carbonyl (C=O) groups excluding carboxylic acids is 1. The molecule has 0 aromatic heterocycles. The van der Waals surface area contributed by atoms with Crippen LogP contribution in [0.2, 0.25) is 0 Å². The summed E-state index contributed by atoms with van der Waals surface area (Å²) in [6.07, 6.45) is 0. The fraction of sp³-hybridized carbons (Fsp3) is 0.417. The summed E-state index contributed by atoms with van der Waals surface area (Å²) in [5.74, 6) is -1.22. The van der Waals surface area contributed by atoms with Gasteiger partial charge in [-0.1, -0.05) is 0 Å². The van der Waals surface area contributed by atoms with Crippen molar-refractivity contribution in [1.82, 2.24) is 0 Å². The molecule has 16 heavy (non-hydrogen) atoms. The summed E-state index contributed by atoms with van der Waals surface area (Å²) in [5.41, 5.74) is 1.66. The quantitative estimate of drug-likeness (QED) is 0.684. The SMILES string of the molecule is Cc1cc2c(c(O)c1C)C(=O)OC(C)(C)O2. The maximum atomic E-state index is 11.7. The van der Waals surface area contributed by atoms with Crippen molar-refractivity contribution in [3.8, 4) is 11.5 Å². The highest BCUT2D eigenvalue weighted by atomic mass is 16.7. The van der Waals surface area contributed by atoms with Crippen LogP contribution in [-0.2, 0) is 4.74 Å². The fourth-order valence-electron chi connectivity index (χ4n) is 1.71. The molecule has 0 unspecified atom stereocenters. The molecule has 0 radical (unpaired) electrons. The topological polar surface area (TPSA) is 55.8 Å². The monoisotopic (exact) mass is 222 g/mol. The van der Waals surface area contributed by atoms with Crippen molar-refractivity contribution in [2.24, 2.45) is 0 Å². The van der Waals surface area contributed by atoms with E-state index in [2.05, 4.69) is 0 Å². The zero-order valence-corrected chi connectivity index (χ0v) is 9.75. The first-order valence-corrected chi connectivity index (χ1v) is 5.07. The Kier molecular flexibility index (Phi) is 2.12. The van der Waals surface area contributed by atoms with Crippen LogP contribution in [0.25, 0.3) is 0 Å². The Hall–Kier alpha value is -1.71. The number of hydrogen-bond donors (Lipinski definition) is 1. The molecule has 2 rings (SSSR count). The lowest BCUT2D eigenvalue weighted by atomic mass is 10.0. The van der Waals surface area contributed by atoms with E-state index in [-0.39, 0.29) is 11.3 Å². The molecule has 4 heteroatoms. The van der Waals surface area contributed by atoms with Gasteiger partial charge in [0.1, 0.15) is 17.1 Å². The van der Waals surface area contributed by atoms with Gasteiger partial charge in [0, 0.05) is 13.8 Å². The normalized spacial score (nSPS) is 17.4. The van der Waals surface area contributed by atoms with Crippen molar-refractivity contribution in [3.05, 3.63) is 22.8 Å². The minimum absolute atomic E-state index is 0.0597. The molecule has 1 heterocycles. The molecule has 0 saturated carbocycles. The molecule has 1 aliphatic heterocycles. The number of phenols is 1. The van der Waals surface area contributed by atoms with Gasteiger partial charge in [-0.05, 0) is 31.0 Å². The summed E-state index contributed by atoms with van der Waals surface area (Å²) in [6, 6.07) is 1.74. The van der Waals surface area contributed by atoms with Gasteiger partial charge in [0.2, 0.25) is 5.79 Å². The number of phenolic OH excluding ortho intramolecular Hbond substituents is 1. The first kappa shape index (κ1) is 10.8. The average molecular weight is 222 g/mol. The molecule has 1 aromatic rings. The first-order chi connectivity index (χ1) is 7.32. The zero-order chi connectivity index (χ0) is 12.1. The number of ether oxygens (including phenoxy) is 2. The van der Waals surface area contributed by atoms with Crippen LogP contribution in [0.15, 0.2) is 6.07 Å². The van der Waals surface area contributed by atoms with Gasteiger partial charge in [-0.2, -0.15) is 0 Å². The maximum Gasteiger partial charge on any atom is 0.349 e. The Morgan fingerprint density at radius 3 is 2.50 bits per heavy atom. The fourth-order valence-corrected chi connectivity index (χ4v) is 1.71. The second-order valence-electron chi connectivity index (χ2n) is 4.43. The number of fused-ring (bicyclic) bond motifs is 1. The van der Waals surface area contributed by atoms with Crippen LogP contribution >= 0.6 is 0 Å². The van der Waals surface area contributed by atoms with Gasteiger partial charge in [0.25, 0.3) is 0 Å². The second kappa shape index (κ2) is 3.14. The Morgan fingerprint density at radius 2 is 1.88 bits per heavy atom. The molecule has 0 amide bonds. The van der Waals surface area contributed by atoms with E-state index in [1.165, 1.54) is 0 Å². The van der Waals surface area contributed by atoms with Gasteiger partial charge in [0.15, 0.2) is 0 Å². The standard InChI is InChI=1S/C12H14O4/c1-6-5-8-9(10(13)7(6)2)11(14)16-12(3,4)15-8/h5,13H,1-4H3. The highest BCUT2D eigenvalue weighted by Crippen LogP contribution is 2.39. The van der Waals surface area contributed by atoms with Gasteiger partial charge in [0.05, 0.1) is 0 Å². The van der Waals surface area contributed by atoms with E-state index >= 15 is 0 Å². The molecule has 0 fully saturated rings. The van der Waals surface area contributed by atoms with Gasteiger partial charge in [-0.15, -0.1) is 0 Å². The third-order valence-corrected chi connectivity index (χ3v) is 2.68. The molecular formula is C12H14O4. The van der Waals surface area contributed by atoms with E-state index in [9.17, 15) is 9.90 Å². The summed E-state index contributed by atoms with van der Waals surface area (Å²) >= 11 is 0. The van der Waals surface area contributed by atoms with Gasteiger partial charge < -0.3 is 14.6 Å². The maximum absolute atomic E-state index is 11.7. The van der Waals surface area contributed by atoms with Gasteiger partial charge >= 0.3 is 5.97 Å². The van der Waals surface area contributed by atoms with E-state index in [4.69, 9.17) is 9.47 Å². The molecule has 1 N–H and O–H groups in total. The van der Waals surface area contributed by atoms with Crippen LogP contribution in [0.1, 0.15) is 35.3 Å². The zero-order valence-electron chi connectivity index (χ0n) is 9.75. The average Bonchev–Trinajstić information content (AvgIpc) is 2.11. The van der Waals surface area contributed by atoms with E-state index in [0.717, 1.165) is 5.56 Å². The summed E-state index contributed by atoms with van der Waals surface area (Å²) < 4.78 is 10.6. The number of benzene rings is 1. The van der Waals surface area contributed by atoms with E-state index < -0.39 is 11.8 Å². The molecule has 86 valence electrons. The minimum Gasteiger partial charge on any atom is -0.507 e. The molecular weight excluding hydrogens is 208 g/mol. The largest absolute Gasteiger partial charge is 0.507 e. The molecule has 4 nitrogen and oxygen atoms in total. The Labute approximate surface area is 93.8 Å². The first-order valence-electron chi connectivity index (χ1n) is 5.07. The number of aromatic hydroxyl groups is 1. The van der Waals surface area contributed by atoms with Crippen molar-refractivity contribution < 1.29 is 19.4 Å². The Morgan fingerprint density at radius 1 is 1.25 bits per heavy atom.